The van der Waals surface area contributed by atoms with Gasteiger partial charge >= 0.3 is 0 Å². The van der Waals surface area contributed by atoms with Crippen molar-refractivity contribution in [3.63, 3.8) is 0 Å². The molecular weight excluding hydrogens is 831 g/mol. The lowest BCUT2D eigenvalue weighted by molar-refractivity contribution is 0.496. The zero-order valence-corrected chi connectivity index (χ0v) is 45.2. The standard InChI is InChI=1S/C60H72.H4O3P2/c1-33-25-37(5)47(43(29-33)57(9,10)11)53-51-41-23-21-22-24-42(41)52(51)54(48-38(6)26-34(2)30-44(48)58(12,13)14)56(50-40(8)28-36(4)32-46(50)60(18,19)20)55(53)49-39(7)27-35(3)31-45(49)59(15,16)17;1-4-3-5-2/h21-32H,1-20H3;1-2,4-5H. The fourth-order valence-electron chi connectivity index (χ4n) is 10.7. The summed E-state index contributed by atoms with van der Waals surface area (Å²) < 4.78 is 4.00. The maximum absolute atomic E-state index is 7.72. The zero-order valence-electron chi connectivity index (χ0n) is 43.2. The fraction of sp³-hybridized carbons (Fsp3) is 0.400. The van der Waals surface area contributed by atoms with Crippen LogP contribution < -0.4 is 0 Å². The molecule has 1 aliphatic rings. The van der Waals surface area contributed by atoms with E-state index in [2.05, 4.69) is 216 Å². The monoisotopic (exact) mass is 907 g/mol. The highest BCUT2D eigenvalue weighted by Gasteiger charge is 2.36. The molecule has 0 bridgehead atoms. The first-order chi connectivity index (χ1) is 30.0. The minimum atomic E-state index is -0.580. The van der Waals surface area contributed by atoms with Gasteiger partial charge in [-0.2, -0.15) is 0 Å². The molecule has 6 aromatic rings. The molecule has 3 nitrogen and oxygen atoms in total. The molecule has 65 heavy (non-hydrogen) atoms. The molecule has 0 saturated carbocycles. The molecule has 5 heteroatoms. The van der Waals surface area contributed by atoms with Crippen LogP contribution in [-0.4, -0.2) is 9.79 Å². The smallest absolute Gasteiger partial charge is 0.158 e. The second kappa shape index (κ2) is 18.3. The maximum atomic E-state index is 7.72. The summed E-state index contributed by atoms with van der Waals surface area (Å²) in [5.74, 6) is 0. The quantitative estimate of drug-likeness (QED) is 0.164. The molecule has 6 aromatic carbocycles. The Balaban J connectivity index is 0.00000133. The van der Waals surface area contributed by atoms with Gasteiger partial charge in [-0.3, -0.25) is 4.31 Å². The highest BCUT2D eigenvalue weighted by molar-refractivity contribution is 7.39. The summed E-state index contributed by atoms with van der Waals surface area (Å²) in [7, 11) is -1.16. The summed E-state index contributed by atoms with van der Waals surface area (Å²) in [5, 5.41) is 5.52. The van der Waals surface area contributed by atoms with Gasteiger partial charge in [-0.15, -0.1) is 0 Å². The summed E-state index contributed by atoms with van der Waals surface area (Å²) in [6, 6.07) is 29.0. The van der Waals surface area contributed by atoms with Crippen molar-refractivity contribution >= 4 is 18.1 Å². The Morgan fingerprint density at radius 1 is 0.338 bits per heavy atom. The van der Waals surface area contributed by atoms with Crippen molar-refractivity contribution in [2.75, 3.05) is 0 Å². The second-order valence-corrected chi connectivity index (χ2v) is 24.3. The van der Waals surface area contributed by atoms with Crippen LogP contribution in [0.5, 0.6) is 0 Å². The largest absolute Gasteiger partial charge is 0.352 e. The van der Waals surface area contributed by atoms with Crippen LogP contribution in [-0.2, 0) is 26.0 Å². The average molecular weight is 907 g/mol. The fourth-order valence-corrected chi connectivity index (χ4v) is 10.9. The Hall–Kier alpha value is -3.94. The molecule has 0 saturated heterocycles. The van der Waals surface area contributed by atoms with Gasteiger partial charge in [0, 0.05) is 0 Å². The molecule has 0 fully saturated rings. The van der Waals surface area contributed by atoms with Crippen molar-refractivity contribution in [3.8, 4) is 44.5 Å². The van der Waals surface area contributed by atoms with Gasteiger partial charge in [0.2, 0.25) is 0 Å². The Bertz CT molecular complexity index is 2830. The van der Waals surface area contributed by atoms with E-state index in [-0.39, 0.29) is 21.7 Å². The van der Waals surface area contributed by atoms with Gasteiger partial charge in [0.25, 0.3) is 0 Å². The van der Waals surface area contributed by atoms with Crippen LogP contribution >= 0.6 is 18.1 Å². The molecular formula is C60H76O3P2. The third-order valence-corrected chi connectivity index (χ3v) is 13.9. The molecule has 0 radical (unpaired) electrons. The molecule has 7 rings (SSSR count). The van der Waals surface area contributed by atoms with Crippen LogP contribution in [0.3, 0.4) is 0 Å². The number of hydrogen-bond acceptors (Lipinski definition) is 3. The molecule has 2 atom stereocenters. The van der Waals surface area contributed by atoms with Gasteiger partial charge < -0.3 is 9.79 Å². The molecule has 0 aliphatic heterocycles. The number of rotatable bonds is 6. The molecule has 0 amide bonds. The number of aryl methyl sites for hydroxylation is 8. The van der Waals surface area contributed by atoms with E-state index in [1.54, 1.807) is 0 Å². The Morgan fingerprint density at radius 3 is 0.769 bits per heavy atom. The van der Waals surface area contributed by atoms with E-state index in [1.165, 1.54) is 132 Å². The van der Waals surface area contributed by atoms with Crippen LogP contribution in [0, 0.1) is 76.3 Å². The van der Waals surface area contributed by atoms with Crippen molar-refractivity contribution in [2.45, 2.75) is 160 Å². The van der Waals surface area contributed by atoms with Crippen molar-refractivity contribution in [1.29, 1.82) is 0 Å². The summed E-state index contributed by atoms with van der Waals surface area (Å²) in [6.07, 6.45) is 0. The third-order valence-electron chi connectivity index (χ3n) is 13.2. The predicted molar refractivity (Wildman–Crippen MR) is 285 cm³/mol. The molecule has 2 N–H and O–H groups in total. The lowest BCUT2D eigenvalue weighted by Crippen LogP contribution is -2.20. The van der Waals surface area contributed by atoms with Gasteiger partial charge in [0.1, 0.15) is 0 Å². The van der Waals surface area contributed by atoms with Gasteiger partial charge in [-0.05, 0) is 187 Å². The number of fused-ring (bicyclic) bond motifs is 2. The van der Waals surface area contributed by atoms with Crippen LogP contribution in [0.25, 0.3) is 44.5 Å². The first-order valence-corrected chi connectivity index (χ1v) is 25.0. The Morgan fingerprint density at radius 2 is 0.569 bits per heavy atom. The van der Waals surface area contributed by atoms with E-state index in [0.29, 0.717) is 0 Å². The first-order valence-electron chi connectivity index (χ1n) is 23.3. The third kappa shape index (κ3) is 9.62. The van der Waals surface area contributed by atoms with Gasteiger partial charge in [-0.25, -0.2) is 0 Å². The van der Waals surface area contributed by atoms with Crippen molar-refractivity contribution in [3.05, 3.63) is 160 Å². The first kappa shape index (κ1) is 50.5. The minimum absolute atomic E-state index is 0.100. The molecule has 2 unspecified atom stereocenters. The van der Waals surface area contributed by atoms with Crippen molar-refractivity contribution in [1.82, 2.24) is 0 Å². The molecule has 344 valence electrons. The van der Waals surface area contributed by atoms with E-state index in [9.17, 15) is 0 Å². The lowest BCUT2D eigenvalue weighted by Gasteiger charge is -2.36. The topological polar surface area (TPSA) is 49.7 Å². The summed E-state index contributed by atoms with van der Waals surface area (Å²) in [4.78, 5) is 15.4. The zero-order chi connectivity index (χ0) is 48.5. The highest BCUT2D eigenvalue weighted by atomic mass is 31.2. The van der Waals surface area contributed by atoms with Gasteiger partial charge in [0.05, 0.1) is 0 Å². The number of hydrogen-bond donors (Lipinski definition) is 2. The van der Waals surface area contributed by atoms with Crippen LogP contribution in [0.4, 0.5) is 0 Å². The van der Waals surface area contributed by atoms with Crippen LogP contribution in [0.2, 0.25) is 0 Å². The van der Waals surface area contributed by atoms with Gasteiger partial charge in [0.15, 0.2) is 18.1 Å². The second-order valence-electron chi connectivity index (χ2n) is 23.1. The summed E-state index contributed by atoms with van der Waals surface area (Å²) in [5.41, 5.74) is 26.9. The molecule has 1 aliphatic carbocycles. The average Bonchev–Trinajstić information content (AvgIpc) is 3.15. The van der Waals surface area contributed by atoms with E-state index in [0.717, 1.165) is 0 Å². The van der Waals surface area contributed by atoms with E-state index in [4.69, 9.17) is 9.79 Å². The maximum Gasteiger partial charge on any atom is 0.158 e. The summed E-state index contributed by atoms with van der Waals surface area (Å²) >= 11 is 0. The molecule has 0 spiro atoms. The van der Waals surface area contributed by atoms with E-state index in [1.807, 2.05) is 0 Å². The van der Waals surface area contributed by atoms with Crippen molar-refractivity contribution < 1.29 is 14.1 Å². The minimum Gasteiger partial charge on any atom is -0.352 e. The van der Waals surface area contributed by atoms with E-state index < -0.39 is 18.1 Å². The van der Waals surface area contributed by atoms with Crippen LogP contribution in [0.15, 0.2) is 72.8 Å². The van der Waals surface area contributed by atoms with Gasteiger partial charge in [-0.1, -0.05) is 178 Å². The number of benzene rings is 6. The molecule has 0 heterocycles. The van der Waals surface area contributed by atoms with E-state index >= 15 is 0 Å². The van der Waals surface area contributed by atoms with Crippen molar-refractivity contribution in [2.24, 2.45) is 0 Å². The summed E-state index contributed by atoms with van der Waals surface area (Å²) in [6.45, 7) is 47.6. The highest BCUT2D eigenvalue weighted by Crippen LogP contribution is 2.57. The lowest BCUT2D eigenvalue weighted by atomic mass is 9.67. The molecule has 0 aromatic heterocycles. The predicted octanol–water partition coefficient (Wildman–Crippen LogP) is 16.9. The van der Waals surface area contributed by atoms with Crippen LogP contribution in [0.1, 0.15) is 150 Å². The SMILES string of the molecule is Cc1cc(C)c(-c2c(-c3c(C)cc(C)cc3C(C)(C)C)c(-c3c(C)cc(C)cc3C(C)(C)C)c3c(c2-c2c(C)cc(C)cc2C(C)(C)C)=c2ccccc2=3)c(C(C)(C)C)c1.OPOPO. The Kier molecular flexibility index (Phi) is 14.2. The Labute approximate surface area is 395 Å². The normalized spacial score (nSPS) is 13.0.